The van der Waals surface area contributed by atoms with Crippen LogP contribution < -0.4 is 22.1 Å². The van der Waals surface area contributed by atoms with Crippen molar-refractivity contribution in [1.29, 1.82) is 0 Å². The van der Waals surface area contributed by atoms with Crippen LogP contribution in [-0.2, 0) is 35.5 Å². The summed E-state index contributed by atoms with van der Waals surface area (Å²) in [4.78, 5) is 59.4. The van der Waals surface area contributed by atoms with Crippen molar-refractivity contribution in [1.82, 2.24) is 20.4 Å². The number of nitrogens with two attached hydrogens (primary N) is 2. The number of urea groups is 2. The molecule has 11 heteroatoms. The SMILES string of the molecule is CC(C)[C@H](N)C(=O)N(C(=O)NCc1ccccc1)C(Cc1ccccc1)C(O)C(Cc1ccccc1)N(C(=O)NCc1ccccc1)C(=O)[C@@H](N)C(C)C. The van der Waals surface area contributed by atoms with Crippen molar-refractivity contribution >= 4 is 23.9 Å². The number of carbonyl (C=O) groups is 4. The highest BCUT2D eigenvalue weighted by Crippen LogP contribution is 2.25. The second kappa shape index (κ2) is 20.2. The Labute approximate surface area is 318 Å². The van der Waals surface area contributed by atoms with Crippen LogP contribution in [-0.4, -0.2) is 69.1 Å². The van der Waals surface area contributed by atoms with Gasteiger partial charge in [0.05, 0.1) is 30.3 Å². The van der Waals surface area contributed by atoms with Crippen LogP contribution in [0.15, 0.2) is 121 Å². The Kier molecular flexibility index (Phi) is 15.5. The first-order chi connectivity index (χ1) is 25.9. The second-order valence-corrected chi connectivity index (χ2v) is 14.2. The Morgan fingerprint density at radius 3 is 1.07 bits per heavy atom. The molecule has 0 radical (unpaired) electrons. The molecular formula is C43H54N6O5. The van der Waals surface area contributed by atoms with Gasteiger partial charge < -0.3 is 27.2 Å². The monoisotopic (exact) mass is 734 g/mol. The number of rotatable bonds is 16. The van der Waals surface area contributed by atoms with E-state index in [9.17, 15) is 24.3 Å². The van der Waals surface area contributed by atoms with Crippen LogP contribution in [0.1, 0.15) is 49.9 Å². The van der Waals surface area contributed by atoms with Gasteiger partial charge in [-0.25, -0.2) is 9.59 Å². The van der Waals surface area contributed by atoms with Crippen LogP contribution >= 0.6 is 0 Å². The largest absolute Gasteiger partial charge is 0.389 e. The number of hydrogen-bond donors (Lipinski definition) is 5. The van der Waals surface area contributed by atoms with E-state index in [4.69, 9.17) is 11.5 Å². The zero-order chi connectivity index (χ0) is 39.2. The van der Waals surface area contributed by atoms with Crippen LogP contribution in [0.3, 0.4) is 0 Å². The molecule has 0 bridgehead atoms. The molecule has 4 rings (SSSR count). The number of amides is 6. The maximum absolute atomic E-state index is 14.4. The molecule has 0 saturated carbocycles. The van der Waals surface area contributed by atoms with E-state index in [-0.39, 0.29) is 37.8 Å². The molecular weight excluding hydrogens is 681 g/mol. The third-order valence-corrected chi connectivity index (χ3v) is 9.52. The van der Waals surface area contributed by atoms with Gasteiger partial charge in [0.15, 0.2) is 0 Å². The number of imide groups is 2. The topological polar surface area (TPSA) is 171 Å². The van der Waals surface area contributed by atoms with Gasteiger partial charge in [0.2, 0.25) is 11.8 Å². The molecule has 0 aromatic heterocycles. The first-order valence-electron chi connectivity index (χ1n) is 18.5. The number of nitrogens with zero attached hydrogens (tertiary/aromatic N) is 2. The highest BCUT2D eigenvalue weighted by Gasteiger charge is 2.45. The third kappa shape index (κ3) is 11.3. The Hall–Kier alpha value is -5.36. The average molecular weight is 735 g/mol. The minimum absolute atomic E-state index is 0.00743. The molecule has 4 atom stereocenters. The number of hydrogen-bond acceptors (Lipinski definition) is 7. The van der Waals surface area contributed by atoms with E-state index in [0.717, 1.165) is 20.9 Å². The van der Waals surface area contributed by atoms with Crippen LogP contribution in [0, 0.1) is 11.8 Å². The van der Waals surface area contributed by atoms with Crippen molar-refractivity contribution in [2.24, 2.45) is 23.3 Å². The van der Waals surface area contributed by atoms with Gasteiger partial charge in [-0.15, -0.1) is 0 Å². The predicted octanol–water partition coefficient (Wildman–Crippen LogP) is 5.01. The van der Waals surface area contributed by atoms with Crippen molar-refractivity contribution in [2.45, 2.75) is 83.9 Å². The molecule has 0 aliphatic heterocycles. The van der Waals surface area contributed by atoms with Gasteiger partial charge in [0.1, 0.15) is 0 Å². The van der Waals surface area contributed by atoms with Crippen LogP contribution in [0.25, 0.3) is 0 Å². The molecule has 0 aliphatic rings. The maximum Gasteiger partial charge on any atom is 0.324 e. The smallest absolute Gasteiger partial charge is 0.324 e. The molecule has 2 unspecified atom stereocenters. The molecule has 0 saturated heterocycles. The summed E-state index contributed by atoms with van der Waals surface area (Å²) >= 11 is 0. The van der Waals surface area contributed by atoms with E-state index in [2.05, 4.69) is 10.6 Å². The summed E-state index contributed by atoms with van der Waals surface area (Å²) in [5.74, 6) is -2.14. The van der Waals surface area contributed by atoms with E-state index in [0.29, 0.717) is 11.1 Å². The summed E-state index contributed by atoms with van der Waals surface area (Å²) in [6.07, 6.45) is -1.68. The Morgan fingerprint density at radius 1 is 0.519 bits per heavy atom. The fourth-order valence-electron chi connectivity index (χ4n) is 6.13. The van der Waals surface area contributed by atoms with Gasteiger partial charge in [-0.1, -0.05) is 149 Å². The minimum Gasteiger partial charge on any atom is -0.389 e. The van der Waals surface area contributed by atoms with Gasteiger partial charge >= 0.3 is 12.1 Å². The van der Waals surface area contributed by atoms with Gasteiger partial charge in [-0.05, 0) is 46.9 Å². The van der Waals surface area contributed by atoms with Crippen molar-refractivity contribution in [3.05, 3.63) is 144 Å². The molecule has 11 nitrogen and oxygen atoms in total. The highest BCUT2D eigenvalue weighted by molar-refractivity contribution is 5.99. The molecule has 7 N–H and O–H groups in total. The van der Waals surface area contributed by atoms with Crippen LogP contribution in [0.5, 0.6) is 0 Å². The van der Waals surface area contributed by atoms with Gasteiger partial charge in [0.25, 0.3) is 0 Å². The first-order valence-corrected chi connectivity index (χ1v) is 18.5. The number of aliphatic hydroxyl groups is 1. The van der Waals surface area contributed by atoms with E-state index in [1.807, 2.05) is 121 Å². The molecule has 0 spiro atoms. The number of carbonyl (C=O) groups excluding carboxylic acids is 4. The summed E-state index contributed by atoms with van der Waals surface area (Å²) in [7, 11) is 0. The summed E-state index contributed by atoms with van der Waals surface area (Å²) < 4.78 is 0. The Morgan fingerprint density at radius 2 is 0.796 bits per heavy atom. The van der Waals surface area contributed by atoms with Gasteiger partial charge in [-0.2, -0.15) is 0 Å². The molecule has 4 aromatic rings. The summed E-state index contributed by atoms with van der Waals surface area (Å²) in [6, 6.07) is 30.3. The Bertz CT molecular complexity index is 1640. The van der Waals surface area contributed by atoms with Crippen molar-refractivity contribution < 1.29 is 24.3 Å². The van der Waals surface area contributed by atoms with Crippen molar-refractivity contribution in [3.8, 4) is 0 Å². The van der Waals surface area contributed by atoms with E-state index >= 15 is 0 Å². The highest BCUT2D eigenvalue weighted by atomic mass is 16.3. The maximum atomic E-state index is 14.4. The molecule has 0 heterocycles. The molecule has 54 heavy (non-hydrogen) atoms. The van der Waals surface area contributed by atoms with Crippen LogP contribution in [0.2, 0.25) is 0 Å². The standard InChI is InChI=1S/C43H54N6O5/c1-29(2)37(44)40(51)48(42(53)46-27-33-21-13-7-14-22-33)35(25-31-17-9-5-10-18-31)39(50)36(26-32-19-11-6-12-20-32)49(41(52)38(45)30(3)4)43(54)47-28-34-23-15-8-16-24-34/h5-24,29-30,35-39,50H,25-28,44-45H2,1-4H3,(H,46,53)(H,47,54)/t35?,36?,37-,38-,39?/m0/s1. The van der Waals surface area contributed by atoms with Gasteiger partial charge in [0, 0.05) is 13.1 Å². The lowest BCUT2D eigenvalue weighted by Crippen LogP contribution is -2.66. The van der Waals surface area contributed by atoms with E-state index in [1.165, 1.54) is 0 Å². The van der Waals surface area contributed by atoms with Crippen molar-refractivity contribution in [2.75, 3.05) is 0 Å². The normalized spacial score (nSPS) is 14.0. The number of aliphatic hydroxyl groups excluding tert-OH is 1. The average Bonchev–Trinajstić information content (AvgIpc) is 3.19. The fraction of sp³-hybridized carbons (Fsp3) is 0.349. The summed E-state index contributed by atoms with van der Waals surface area (Å²) in [5.41, 5.74) is 15.9. The molecule has 6 amide bonds. The first kappa shape index (κ1) is 41.4. The Balaban J connectivity index is 1.88. The molecule has 4 aromatic carbocycles. The van der Waals surface area contributed by atoms with Crippen LogP contribution in [0.4, 0.5) is 9.59 Å². The summed E-state index contributed by atoms with van der Waals surface area (Å²) in [6.45, 7) is 7.28. The molecule has 286 valence electrons. The fourth-order valence-corrected chi connectivity index (χ4v) is 6.13. The number of benzene rings is 4. The minimum atomic E-state index is -1.66. The molecule has 0 aliphatic carbocycles. The predicted molar refractivity (Wildman–Crippen MR) is 211 cm³/mol. The zero-order valence-corrected chi connectivity index (χ0v) is 31.5. The lowest BCUT2D eigenvalue weighted by molar-refractivity contribution is -0.138. The van der Waals surface area contributed by atoms with Gasteiger partial charge in [-0.3, -0.25) is 19.4 Å². The summed E-state index contributed by atoms with van der Waals surface area (Å²) in [5, 5.41) is 18.5. The molecule has 0 fully saturated rings. The quantitative estimate of drug-likeness (QED) is 0.108. The lowest BCUT2D eigenvalue weighted by Gasteiger charge is -2.42. The number of nitrogens with one attached hydrogen (secondary N) is 2. The lowest BCUT2D eigenvalue weighted by atomic mass is 9.89. The van der Waals surface area contributed by atoms with E-state index < -0.39 is 54.1 Å². The van der Waals surface area contributed by atoms with Crippen molar-refractivity contribution in [3.63, 3.8) is 0 Å². The van der Waals surface area contributed by atoms with E-state index in [1.54, 1.807) is 27.7 Å². The zero-order valence-electron chi connectivity index (χ0n) is 31.5. The third-order valence-electron chi connectivity index (χ3n) is 9.52. The second-order valence-electron chi connectivity index (χ2n) is 14.2.